The number of nitrogens with one attached hydrogen (secondary N) is 2. The molecule has 5 rings (SSSR count). The molecule has 2 aliphatic heterocycles. The van der Waals surface area contributed by atoms with E-state index < -0.39 is 0 Å². The van der Waals surface area contributed by atoms with Crippen LogP contribution in [0.25, 0.3) is 22.4 Å². The van der Waals surface area contributed by atoms with Gasteiger partial charge in [0.1, 0.15) is 5.82 Å². The van der Waals surface area contributed by atoms with Crippen LogP contribution in [0.5, 0.6) is 0 Å². The van der Waals surface area contributed by atoms with Gasteiger partial charge in [-0.3, -0.25) is 9.59 Å². The molecule has 0 aliphatic carbocycles. The third-order valence-electron chi connectivity index (χ3n) is 6.18. The maximum absolute atomic E-state index is 12.7. The molecule has 7 heteroatoms. The summed E-state index contributed by atoms with van der Waals surface area (Å²) in [6, 6.07) is 13.2. The van der Waals surface area contributed by atoms with Crippen molar-refractivity contribution < 1.29 is 9.59 Å². The molecule has 0 spiro atoms. The Morgan fingerprint density at radius 2 is 1.90 bits per heavy atom. The summed E-state index contributed by atoms with van der Waals surface area (Å²) in [5.74, 6) is 0.642. The smallest absolute Gasteiger partial charge is 0.253 e. The first-order valence-corrected chi connectivity index (χ1v) is 11.1. The lowest BCUT2D eigenvalue weighted by molar-refractivity contribution is 0.0942. The minimum Gasteiger partial charge on any atom is -0.351 e. The molecule has 0 radical (unpaired) electrons. The van der Waals surface area contributed by atoms with Crippen molar-refractivity contribution in [3.05, 3.63) is 53.6 Å². The highest BCUT2D eigenvalue weighted by Crippen LogP contribution is 2.28. The normalized spacial score (nSPS) is 16.7. The van der Waals surface area contributed by atoms with Crippen LogP contribution < -0.4 is 10.6 Å². The van der Waals surface area contributed by atoms with Gasteiger partial charge in [-0.25, -0.2) is 4.98 Å². The van der Waals surface area contributed by atoms with Gasteiger partial charge in [-0.05, 0) is 50.2 Å². The zero-order valence-corrected chi connectivity index (χ0v) is 17.6. The third kappa shape index (κ3) is 3.93. The van der Waals surface area contributed by atoms with Crippen molar-refractivity contribution in [3.63, 3.8) is 0 Å². The van der Waals surface area contributed by atoms with Crippen LogP contribution in [0.2, 0.25) is 0 Å². The largest absolute Gasteiger partial charge is 0.351 e. The van der Waals surface area contributed by atoms with Gasteiger partial charge in [0.15, 0.2) is 0 Å². The number of benzene rings is 2. The predicted octanol–water partition coefficient (Wildman–Crippen LogP) is 2.66. The Labute approximate surface area is 181 Å². The zero-order valence-electron chi connectivity index (χ0n) is 17.6. The minimum absolute atomic E-state index is 0.0663. The van der Waals surface area contributed by atoms with Crippen LogP contribution in [-0.4, -0.2) is 59.0 Å². The summed E-state index contributed by atoms with van der Waals surface area (Å²) in [6.07, 6.45) is 3.81. The van der Waals surface area contributed by atoms with Gasteiger partial charge in [-0.1, -0.05) is 24.6 Å². The predicted molar refractivity (Wildman–Crippen MR) is 120 cm³/mol. The summed E-state index contributed by atoms with van der Waals surface area (Å²) < 4.78 is 2.08. The van der Waals surface area contributed by atoms with Crippen LogP contribution in [0.15, 0.2) is 42.5 Å². The number of nitrogens with zero attached hydrogens (tertiary/aromatic N) is 3. The van der Waals surface area contributed by atoms with Gasteiger partial charge in [-0.2, -0.15) is 0 Å². The van der Waals surface area contributed by atoms with Gasteiger partial charge in [0, 0.05) is 37.3 Å². The molecule has 2 amide bonds. The Hall–Kier alpha value is -3.19. The van der Waals surface area contributed by atoms with Crippen molar-refractivity contribution in [3.8, 4) is 11.4 Å². The molecule has 0 saturated carbocycles. The molecule has 1 aromatic heterocycles. The Bertz CT molecular complexity index is 1130. The summed E-state index contributed by atoms with van der Waals surface area (Å²) in [5.41, 5.74) is 3.78. The SMILES string of the molecule is O=C(NCCN1CCCCC1)c1cccc(-c2nc3cccc4c3n2CCNC4=O)c1. The van der Waals surface area contributed by atoms with Crippen molar-refractivity contribution in [1.29, 1.82) is 0 Å². The number of likely N-dealkylation sites (tertiary alicyclic amines) is 1. The fourth-order valence-electron chi connectivity index (χ4n) is 4.60. The molecule has 31 heavy (non-hydrogen) atoms. The molecule has 3 heterocycles. The lowest BCUT2D eigenvalue weighted by Crippen LogP contribution is -2.37. The van der Waals surface area contributed by atoms with E-state index in [0.29, 0.717) is 30.8 Å². The average Bonchev–Trinajstić information content (AvgIpc) is 3.09. The number of carbonyl (C=O) groups is 2. The van der Waals surface area contributed by atoms with Crippen LogP contribution in [0.4, 0.5) is 0 Å². The molecule has 160 valence electrons. The van der Waals surface area contributed by atoms with Gasteiger partial charge >= 0.3 is 0 Å². The summed E-state index contributed by atoms with van der Waals surface area (Å²) in [7, 11) is 0. The quantitative estimate of drug-likeness (QED) is 0.669. The van der Waals surface area contributed by atoms with Crippen LogP contribution in [-0.2, 0) is 6.54 Å². The van der Waals surface area contributed by atoms with Crippen molar-refractivity contribution >= 4 is 22.8 Å². The van der Waals surface area contributed by atoms with Crippen molar-refractivity contribution in [1.82, 2.24) is 25.1 Å². The molecule has 1 saturated heterocycles. The molecule has 0 unspecified atom stereocenters. The summed E-state index contributed by atoms with van der Waals surface area (Å²) >= 11 is 0. The molecule has 2 aliphatic rings. The van der Waals surface area contributed by atoms with Gasteiger partial charge in [0.25, 0.3) is 11.8 Å². The second kappa shape index (κ2) is 8.51. The fraction of sp³-hybridized carbons (Fsp3) is 0.375. The number of hydrogen-bond acceptors (Lipinski definition) is 4. The number of carbonyl (C=O) groups excluding carboxylic acids is 2. The highest BCUT2D eigenvalue weighted by Gasteiger charge is 2.22. The van der Waals surface area contributed by atoms with Crippen molar-refractivity contribution in [2.45, 2.75) is 25.8 Å². The first kappa shape index (κ1) is 19.8. The maximum Gasteiger partial charge on any atom is 0.253 e. The number of rotatable bonds is 5. The summed E-state index contributed by atoms with van der Waals surface area (Å²) in [5, 5.41) is 5.99. The Morgan fingerprint density at radius 3 is 2.77 bits per heavy atom. The van der Waals surface area contributed by atoms with E-state index in [1.54, 1.807) is 0 Å². The van der Waals surface area contributed by atoms with Crippen LogP contribution >= 0.6 is 0 Å². The van der Waals surface area contributed by atoms with E-state index in [-0.39, 0.29) is 11.8 Å². The highest BCUT2D eigenvalue weighted by molar-refractivity contribution is 6.06. The molecule has 0 bridgehead atoms. The number of imidazole rings is 1. The van der Waals surface area contributed by atoms with Crippen LogP contribution in [0.3, 0.4) is 0 Å². The average molecular weight is 418 g/mol. The monoisotopic (exact) mass is 417 g/mol. The van der Waals surface area contributed by atoms with Crippen LogP contribution in [0, 0.1) is 0 Å². The van der Waals surface area contributed by atoms with E-state index in [0.717, 1.165) is 42.1 Å². The molecular weight excluding hydrogens is 390 g/mol. The van der Waals surface area contributed by atoms with E-state index in [4.69, 9.17) is 4.98 Å². The van der Waals surface area contributed by atoms with E-state index in [1.165, 1.54) is 19.3 Å². The molecule has 0 atom stereocenters. The number of para-hydroxylation sites is 1. The number of hydrogen-bond donors (Lipinski definition) is 2. The van der Waals surface area contributed by atoms with Gasteiger partial charge in [-0.15, -0.1) is 0 Å². The molecule has 2 N–H and O–H groups in total. The van der Waals surface area contributed by atoms with Gasteiger partial charge < -0.3 is 20.1 Å². The van der Waals surface area contributed by atoms with E-state index in [2.05, 4.69) is 20.1 Å². The number of aromatic nitrogens is 2. The standard InChI is InChI=1S/C24H27N5O2/c30-23(25-10-14-28-12-2-1-3-13-28)18-7-4-6-17(16-18)22-27-20-9-5-8-19-21(20)29(22)15-11-26-24(19)31/h4-9,16H,1-3,10-15H2,(H,25,30)(H,26,31). The van der Waals surface area contributed by atoms with E-state index in [9.17, 15) is 9.59 Å². The van der Waals surface area contributed by atoms with E-state index >= 15 is 0 Å². The Balaban J connectivity index is 1.38. The molecular formula is C24H27N5O2. The Kier molecular flexibility index (Phi) is 5.42. The fourth-order valence-corrected chi connectivity index (χ4v) is 4.60. The second-order valence-electron chi connectivity index (χ2n) is 8.26. The topological polar surface area (TPSA) is 79.3 Å². The molecule has 1 fully saturated rings. The summed E-state index contributed by atoms with van der Waals surface area (Å²) in [6.45, 7) is 4.98. The second-order valence-corrected chi connectivity index (χ2v) is 8.26. The minimum atomic E-state index is -0.0716. The van der Waals surface area contributed by atoms with E-state index in [1.807, 2.05) is 42.5 Å². The number of amides is 2. The Morgan fingerprint density at radius 1 is 1.06 bits per heavy atom. The zero-order chi connectivity index (χ0) is 21.2. The first-order valence-electron chi connectivity index (χ1n) is 11.1. The van der Waals surface area contributed by atoms with Gasteiger partial charge in [0.05, 0.1) is 16.6 Å². The lowest BCUT2D eigenvalue weighted by Gasteiger charge is -2.26. The van der Waals surface area contributed by atoms with Gasteiger partial charge in [0.2, 0.25) is 0 Å². The first-order chi connectivity index (χ1) is 15.2. The van der Waals surface area contributed by atoms with Crippen molar-refractivity contribution in [2.75, 3.05) is 32.7 Å². The molecule has 2 aromatic carbocycles. The van der Waals surface area contributed by atoms with Crippen LogP contribution in [0.1, 0.15) is 40.0 Å². The maximum atomic E-state index is 12.7. The molecule has 3 aromatic rings. The van der Waals surface area contributed by atoms with Crippen molar-refractivity contribution in [2.24, 2.45) is 0 Å². The highest BCUT2D eigenvalue weighted by atomic mass is 16.2. The lowest BCUT2D eigenvalue weighted by atomic mass is 10.1. The third-order valence-corrected chi connectivity index (χ3v) is 6.18. The summed E-state index contributed by atoms with van der Waals surface area (Å²) in [4.78, 5) is 32.3. The number of piperidine rings is 1. The molecule has 7 nitrogen and oxygen atoms in total.